The Bertz CT molecular complexity index is 459. The number of aromatic nitrogens is 1. The normalized spacial score (nSPS) is 8.88. The summed E-state index contributed by atoms with van der Waals surface area (Å²) in [5.74, 6) is 5.12. The van der Waals surface area contributed by atoms with E-state index in [-0.39, 0.29) is 0 Å². The van der Waals surface area contributed by atoms with E-state index >= 15 is 0 Å². The second-order valence-electron chi connectivity index (χ2n) is 2.88. The summed E-state index contributed by atoms with van der Waals surface area (Å²) in [6.45, 7) is 2.01. The third-order valence-corrected chi connectivity index (χ3v) is 1.81. The van der Waals surface area contributed by atoms with Crippen molar-refractivity contribution < 1.29 is 19.0 Å². The van der Waals surface area contributed by atoms with E-state index in [9.17, 15) is 4.79 Å². The molecule has 0 fully saturated rings. The zero-order chi connectivity index (χ0) is 12.7. The van der Waals surface area contributed by atoms with Gasteiger partial charge in [0, 0.05) is 12.0 Å². The summed E-state index contributed by atoms with van der Waals surface area (Å²) in [5, 5.41) is 0. The first-order valence-corrected chi connectivity index (χ1v) is 4.99. The number of ether oxygens (including phenoxy) is 3. The molecule has 0 bridgehead atoms. The number of esters is 1. The fourth-order valence-electron chi connectivity index (χ4n) is 1.07. The van der Waals surface area contributed by atoms with Gasteiger partial charge >= 0.3 is 5.97 Å². The van der Waals surface area contributed by atoms with E-state index in [1.54, 1.807) is 19.1 Å². The van der Waals surface area contributed by atoms with Crippen LogP contribution in [0.3, 0.4) is 0 Å². The molecule has 0 saturated heterocycles. The number of pyridine rings is 1. The van der Waals surface area contributed by atoms with Crippen molar-refractivity contribution in [3.05, 3.63) is 17.7 Å². The molecule has 0 aliphatic carbocycles. The van der Waals surface area contributed by atoms with Gasteiger partial charge in [-0.05, 0) is 18.9 Å². The lowest BCUT2D eigenvalue weighted by atomic mass is 10.2. The third-order valence-electron chi connectivity index (χ3n) is 1.81. The minimum absolute atomic E-state index is 0.297. The summed E-state index contributed by atoms with van der Waals surface area (Å²) in [5.41, 5.74) is 0.501. The van der Waals surface area contributed by atoms with Gasteiger partial charge in [0.05, 0.1) is 26.4 Å². The molecule has 1 heterocycles. The molecule has 1 aromatic heterocycles. The molecule has 0 unspecified atom stereocenters. The van der Waals surface area contributed by atoms with Crippen LogP contribution in [0.5, 0.6) is 11.8 Å². The first kappa shape index (κ1) is 12.8. The van der Waals surface area contributed by atoms with E-state index < -0.39 is 5.97 Å². The molecular weight excluding hydrogens is 222 g/mol. The van der Waals surface area contributed by atoms with Gasteiger partial charge in [0.15, 0.2) is 0 Å². The molecule has 5 heteroatoms. The molecule has 0 N–H and O–H groups in total. The zero-order valence-corrected chi connectivity index (χ0v) is 9.94. The number of carbonyl (C=O) groups excluding carboxylic acids is 1. The second kappa shape index (κ2) is 6.38. The summed E-state index contributed by atoms with van der Waals surface area (Å²) >= 11 is 0. The third kappa shape index (κ3) is 3.68. The first-order chi connectivity index (χ1) is 8.21. The van der Waals surface area contributed by atoms with Gasteiger partial charge in [-0.25, -0.2) is 4.79 Å². The first-order valence-electron chi connectivity index (χ1n) is 4.99. The highest BCUT2D eigenvalue weighted by atomic mass is 16.5. The van der Waals surface area contributed by atoms with Crippen molar-refractivity contribution in [2.24, 2.45) is 0 Å². The minimum atomic E-state index is -0.578. The predicted molar refractivity (Wildman–Crippen MR) is 60.9 cm³/mol. The SMILES string of the molecule is CCOC(=O)C#Cc1ccc(OC)nc1OC. The van der Waals surface area contributed by atoms with Crippen LogP contribution < -0.4 is 9.47 Å². The van der Waals surface area contributed by atoms with E-state index in [0.29, 0.717) is 23.9 Å². The Morgan fingerprint density at radius 1 is 1.35 bits per heavy atom. The molecule has 0 radical (unpaired) electrons. The Hall–Kier alpha value is -2.22. The van der Waals surface area contributed by atoms with Crippen molar-refractivity contribution in [3.8, 4) is 23.6 Å². The van der Waals surface area contributed by atoms with Crippen molar-refractivity contribution in [1.29, 1.82) is 0 Å². The summed E-state index contributed by atoms with van der Waals surface area (Å²) in [6, 6.07) is 3.30. The quantitative estimate of drug-likeness (QED) is 0.578. The Kier molecular flexibility index (Phi) is 4.82. The smallest absolute Gasteiger partial charge is 0.384 e. The van der Waals surface area contributed by atoms with Gasteiger partial charge in [0.2, 0.25) is 11.8 Å². The van der Waals surface area contributed by atoms with Crippen LogP contribution in [-0.4, -0.2) is 31.8 Å². The van der Waals surface area contributed by atoms with Crippen LogP contribution in [0.2, 0.25) is 0 Å². The number of nitrogens with zero attached hydrogens (tertiary/aromatic N) is 1. The van der Waals surface area contributed by atoms with Crippen molar-refractivity contribution in [1.82, 2.24) is 4.98 Å². The van der Waals surface area contributed by atoms with Gasteiger partial charge < -0.3 is 14.2 Å². The van der Waals surface area contributed by atoms with E-state index in [1.165, 1.54) is 14.2 Å². The molecule has 0 aromatic carbocycles. The maximum absolute atomic E-state index is 11.1. The molecule has 0 saturated carbocycles. The molecule has 5 nitrogen and oxygen atoms in total. The predicted octanol–water partition coefficient (Wildman–Crippen LogP) is 1.01. The van der Waals surface area contributed by atoms with Crippen molar-refractivity contribution in [3.63, 3.8) is 0 Å². The number of hydrogen-bond donors (Lipinski definition) is 0. The van der Waals surface area contributed by atoms with Crippen LogP contribution in [0.1, 0.15) is 12.5 Å². The molecule has 0 spiro atoms. The van der Waals surface area contributed by atoms with Crippen LogP contribution in [0, 0.1) is 11.8 Å². The average molecular weight is 235 g/mol. The maximum Gasteiger partial charge on any atom is 0.384 e. The number of rotatable bonds is 3. The molecule has 90 valence electrons. The van der Waals surface area contributed by atoms with E-state index in [4.69, 9.17) is 9.47 Å². The Labute approximate surface area is 99.7 Å². The molecule has 0 aliphatic rings. The average Bonchev–Trinajstić information content (AvgIpc) is 2.36. The Balaban J connectivity index is 2.94. The lowest BCUT2D eigenvalue weighted by molar-refractivity contribution is -0.136. The number of hydrogen-bond acceptors (Lipinski definition) is 5. The number of carbonyl (C=O) groups is 1. The van der Waals surface area contributed by atoms with Gasteiger partial charge in [0.25, 0.3) is 0 Å². The van der Waals surface area contributed by atoms with Gasteiger partial charge in [-0.2, -0.15) is 4.98 Å². The second-order valence-corrected chi connectivity index (χ2v) is 2.88. The summed E-state index contributed by atoms with van der Waals surface area (Å²) in [6.07, 6.45) is 0. The molecular formula is C12H13NO4. The number of methoxy groups -OCH3 is 2. The highest BCUT2D eigenvalue weighted by Gasteiger charge is 2.04. The van der Waals surface area contributed by atoms with Crippen LogP contribution in [0.4, 0.5) is 0 Å². The van der Waals surface area contributed by atoms with Gasteiger partial charge in [0.1, 0.15) is 0 Å². The fourth-order valence-corrected chi connectivity index (χ4v) is 1.07. The Morgan fingerprint density at radius 2 is 2.12 bits per heavy atom. The summed E-state index contributed by atoms with van der Waals surface area (Å²) in [7, 11) is 2.98. The lowest BCUT2D eigenvalue weighted by Crippen LogP contribution is -2.00. The van der Waals surface area contributed by atoms with Crippen LogP contribution in [-0.2, 0) is 9.53 Å². The Morgan fingerprint density at radius 3 is 2.71 bits per heavy atom. The molecule has 0 amide bonds. The van der Waals surface area contributed by atoms with Gasteiger partial charge in [-0.1, -0.05) is 0 Å². The molecule has 0 aliphatic heterocycles. The minimum Gasteiger partial charge on any atom is -0.481 e. The van der Waals surface area contributed by atoms with E-state index in [2.05, 4.69) is 21.6 Å². The van der Waals surface area contributed by atoms with Crippen molar-refractivity contribution in [2.75, 3.05) is 20.8 Å². The molecule has 17 heavy (non-hydrogen) atoms. The van der Waals surface area contributed by atoms with Gasteiger partial charge in [-0.15, -0.1) is 0 Å². The van der Waals surface area contributed by atoms with Crippen LogP contribution in [0.15, 0.2) is 12.1 Å². The lowest BCUT2D eigenvalue weighted by Gasteiger charge is -2.04. The largest absolute Gasteiger partial charge is 0.481 e. The van der Waals surface area contributed by atoms with E-state index in [0.717, 1.165) is 0 Å². The fraction of sp³-hybridized carbons (Fsp3) is 0.333. The maximum atomic E-state index is 11.1. The molecule has 1 aromatic rings. The van der Waals surface area contributed by atoms with Crippen LogP contribution in [0.25, 0.3) is 0 Å². The van der Waals surface area contributed by atoms with E-state index in [1.807, 2.05) is 0 Å². The summed E-state index contributed by atoms with van der Waals surface area (Å²) in [4.78, 5) is 15.1. The monoisotopic (exact) mass is 235 g/mol. The highest BCUT2D eigenvalue weighted by Crippen LogP contribution is 2.18. The molecule has 1 rings (SSSR count). The van der Waals surface area contributed by atoms with Crippen molar-refractivity contribution in [2.45, 2.75) is 6.92 Å². The van der Waals surface area contributed by atoms with Crippen molar-refractivity contribution >= 4 is 5.97 Å². The van der Waals surface area contributed by atoms with Crippen LogP contribution >= 0.6 is 0 Å². The topological polar surface area (TPSA) is 57.7 Å². The molecule has 0 atom stereocenters. The standard InChI is InChI=1S/C12H13NO4/c1-4-17-11(14)8-6-9-5-7-10(15-2)13-12(9)16-3/h5,7H,4H2,1-3H3. The zero-order valence-electron chi connectivity index (χ0n) is 9.94. The highest BCUT2D eigenvalue weighted by molar-refractivity contribution is 5.89. The summed E-state index contributed by atoms with van der Waals surface area (Å²) < 4.78 is 14.7. The van der Waals surface area contributed by atoms with Gasteiger partial charge in [-0.3, -0.25) is 0 Å².